The number of ether oxygens (including phenoxy) is 2. The number of nitrogens with one attached hydrogen (secondary N) is 2. The SMILES string of the molecule is CN=C(NCc1cc(Br)c2c(c1)OCO2)NCc1c(C)noc1C. The van der Waals surface area contributed by atoms with Crippen LogP contribution in [0, 0.1) is 13.8 Å². The average molecular weight is 395 g/mol. The summed E-state index contributed by atoms with van der Waals surface area (Å²) in [5.41, 5.74) is 2.99. The van der Waals surface area contributed by atoms with Gasteiger partial charge in [-0.1, -0.05) is 5.16 Å². The van der Waals surface area contributed by atoms with Crippen molar-refractivity contribution in [2.24, 2.45) is 4.99 Å². The van der Waals surface area contributed by atoms with Gasteiger partial charge >= 0.3 is 0 Å². The zero-order chi connectivity index (χ0) is 17.1. The highest BCUT2D eigenvalue weighted by Gasteiger charge is 2.18. The van der Waals surface area contributed by atoms with Gasteiger partial charge in [0.25, 0.3) is 0 Å². The molecule has 0 saturated heterocycles. The molecule has 2 N–H and O–H groups in total. The Balaban J connectivity index is 1.60. The summed E-state index contributed by atoms with van der Waals surface area (Å²) in [6.07, 6.45) is 0. The second kappa shape index (κ2) is 7.12. The van der Waals surface area contributed by atoms with E-state index in [4.69, 9.17) is 14.0 Å². The molecular formula is C16H19BrN4O3. The Kier molecular flexibility index (Phi) is 4.94. The predicted octanol–water partition coefficient (Wildman–Crippen LogP) is 2.65. The van der Waals surface area contributed by atoms with E-state index in [0.29, 0.717) is 19.0 Å². The van der Waals surface area contributed by atoms with Gasteiger partial charge in [-0.25, -0.2) is 0 Å². The van der Waals surface area contributed by atoms with E-state index in [1.165, 1.54) is 0 Å². The molecule has 0 radical (unpaired) electrons. The minimum atomic E-state index is 0.255. The maximum atomic E-state index is 5.43. The van der Waals surface area contributed by atoms with Gasteiger partial charge in [0.15, 0.2) is 17.5 Å². The van der Waals surface area contributed by atoms with Gasteiger partial charge in [-0.05, 0) is 47.5 Å². The van der Waals surface area contributed by atoms with E-state index >= 15 is 0 Å². The third-order valence-electron chi connectivity index (χ3n) is 3.78. The minimum absolute atomic E-state index is 0.255. The van der Waals surface area contributed by atoms with Crippen molar-refractivity contribution in [1.29, 1.82) is 0 Å². The van der Waals surface area contributed by atoms with Crippen molar-refractivity contribution >= 4 is 21.9 Å². The normalized spacial score (nSPS) is 13.2. The molecule has 128 valence electrons. The number of guanidine groups is 1. The lowest BCUT2D eigenvalue weighted by atomic mass is 10.2. The fraction of sp³-hybridized carbons (Fsp3) is 0.375. The monoisotopic (exact) mass is 394 g/mol. The van der Waals surface area contributed by atoms with Crippen LogP contribution in [0.25, 0.3) is 0 Å². The molecule has 0 amide bonds. The molecule has 0 saturated carbocycles. The van der Waals surface area contributed by atoms with E-state index in [0.717, 1.165) is 38.6 Å². The summed E-state index contributed by atoms with van der Waals surface area (Å²) < 4.78 is 16.9. The summed E-state index contributed by atoms with van der Waals surface area (Å²) in [6.45, 7) is 5.29. The van der Waals surface area contributed by atoms with Gasteiger partial charge in [-0.2, -0.15) is 0 Å². The van der Waals surface area contributed by atoms with Crippen LogP contribution in [0.3, 0.4) is 0 Å². The molecule has 0 spiro atoms. The lowest BCUT2D eigenvalue weighted by Gasteiger charge is -2.12. The molecule has 1 aliphatic heterocycles. The van der Waals surface area contributed by atoms with Crippen LogP contribution in [0.5, 0.6) is 11.5 Å². The largest absolute Gasteiger partial charge is 0.454 e. The molecule has 2 heterocycles. The van der Waals surface area contributed by atoms with Crippen LogP contribution in [0.4, 0.5) is 0 Å². The van der Waals surface area contributed by atoms with Crippen molar-refractivity contribution in [2.45, 2.75) is 26.9 Å². The summed E-state index contributed by atoms with van der Waals surface area (Å²) in [4.78, 5) is 4.23. The standard InChI is InChI=1S/C16H19BrN4O3/c1-9-12(10(2)24-21-9)7-20-16(18-3)19-6-11-4-13(17)15-14(5-11)22-8-23-15/h4-5H,6-8H2,1-3H3,(H2,18,19,20). The van der Waals surface area contributed by atoms with Crippen molar-refractivity contribution in [1.82, 2.24) is 15.8 Å². The summed E-state index contributed by atoms with van der Waals surface area (Å²) in [5.74, 6) is 3.01. The lowest BCUT2D eigenvalue weighted by Crippen LogP contribution is -2.36. The van der Waals surface area contributed by atoms with E-state index in [1.807, 2.05) is 26.0 Å². The number of nitrogens with zero attached hydrogens (tertiary/aromatic N) is 2. The molecule has 1 aromatic heterocycles. The Hall–Kier alpha value is -2.22. The molecule has 0 bridgehead atoms. The van der Waals surface area contributed by atoms with E-state index in [9.17, 15) is 0 Å². The Labute approximate surface area is 148 Å². The van der Waals surface area contributed by atoms with E-state index in [1.54, 1.807) is 7.05 Å². The van der Waals surface area contributed by atoms with Crippen molar-refractivity contribution < 1.29 is 14.0 Å². The van der Waals surface area contributed by atoms with Gasteiger partial charge in [-0.15, -0.1) is 0 Å². The first-order valence-corrected chi connectivity index (χ1v) is 8.32. The summed E-state index contributed by atoms with van der Waals surface area (Å²) in [7, 11) is 1.73. The van der Waals surface area contributed by atoms with Crippen molar-refractivity contribution in [3.8, 4) is 11.5 Å². The van der Waals surface area contributed by atoms with E-state index in [2.05, 4.69) is 36.7 Å². The Bertz CT molecular complexity index is 753. The summed E-state index contributed by atoms with van der Waals surface area (Å²) >= 11 is 3.50. The first-order valence-electron chi connectivity index (χ1n) is 7.52. The smallest absolute Gasteiger partial charge is 0.231 e. The van der Waals surface area contributed by atoms with Crippen LogP contribution in [-0.2, 0) is 13.1 Å². The van der Waals surface area contributed by atoms with Crippen LogP contribution in [0.1, 0.15) is 22.6 Å². The highest BCUT2D eigenvalue weighted by atomic mass is 79.9. The average Bonchev–Trinajstić information content (AvgIpc) is 3.16. The number of hydrogen-bond acceptors (Lipinski definition) is 5. The summed E-state index contributed by atoms with van der Waals surface area (Å²) in [5, 5.41) is 10.5. The molecule has 0 unspecified atom stereocenters. The molecule has 2 aromatic rings. The van der Waals surface area contributed by atoms with E-state index < -0.39 is 0 Å². The highest BCUT2D eigenvalue weighted by molar-refractivity contribution is 9.10. The lowest BCUT2D eigenvalue weighted by molar-refractivity contribution is 0.173. The quantitative estimate of drug-likeness (QED) is 0.612. The zero-order valence-corrected chi connectivity index (χ0v) is 15.4. The number of aromatic nitrogens is 1. The number of fused-ring (bicyclic) bond motifs is 1. The predicted molar refractivity (Wildman–Crippen MR) is 93.3 cm³/mol. The van der Waals surface area contributed by atoms with Gasteiger partial charge in [0.1, 0.15) is 5.76 Å². The number of benzene rings is 1. The molecule has 8 heteroatoms. The molecule has 3 rings (SSSR count). The first-order chi connectivity index (χ1) is 11.6. The third kappa shape index (κ3) is 3.48. The molecule has 1 aromatic carbocycles. The van der Waals surface area contributed by atoms with Gasteiger partial charge in [-0.3, -0.25) is 4.99 Å². The second-order valence-corrected chi connectivity index (χ2v) is 6.25. The first kappa shape index (κ1) is 16.6. The number of aliphatic imine (C=N–C) groups is 1. The van der Waals surface area contributed by atoms with Crippen molar-refractivity contribution in [3.05, 3.63) is 39.2 Å². The highest BCUT2D eigenvalue weighted by Crippen LogP contribution is 2.39. The molecule has 0 fully saturated rings. The maximum absolute atomic E-state index is 5.43. The van der Waals surface area contributed by atoms with Gasteiger partial charge < -0.3 is 24.6 Å². The fourth-order valence-corrected chi connectivity index (χ4v) is 3.06. The molecular weight excluding hydrogens is 376 g/mol. The Morgan fingerprint density at radius 2 is 2.04 bits per heavy atom. The second-order valence-electron chi connectivity index (χ2n) is 5.39. The van der Waals surface area contributed by atoms with Gasteiger partial charge in [0.2, 0.25) is 6.79 Å². The van der Waals surface area contributed by atoms with Crippen LogP contribution in [0.2, 0.25) is 0 Å². The third-order valence-corrected chi connectivity index (χ3v) is 4.37. The Morgan fingerprint density at radius 1 is 1.25 bits per heavy atom. The molecule has 1 aliphatic rings. The number of halogens is 1. The topological polar surface area (TPSA) is 80.9 Å². The maximum Gasteiger partial charge on any atom is 0.231 e. The van der Waals surface area contributed by atoms with Gasteiger partial charge in [0, 0.05) is 25.7 Å². The van der Waals surface area contributed by atoms with Crippen LogP contribution < -0.4 is 20.1 Å². The van der Waals surface area contributed by atoms with Crippen molar-refractivity contribution in [3.63, 3.8) is 0 Å². The number of rotatable bonds is 4. The van der Waals surface area contributed by atoms with Crippen LogP contribution in [0.15, 0.2) is 26.1 Å². The van der Waals surface area contributed by atoms with Crippen LogP contribution >= 0.6 is 15.9 Å². The number of hydrogen-bond donors (Lipinski definition) is 2. The zero-order valence-electron chi connectivity index (χ0n) is 13.8. The summed E-state index contributed by atoms with van der Waals surface area (Å²) in [6, 6.07) is 3.96. The number of aryl methyl sites for hydroxylation is 2. The van der Waals surface area contributed by atoms with E-state index in [-0.39, 0.29) is 6.79 Å². The Morgan fingerprint density at radius 3 is 2.75 bits per heavy atom. The van der Waals surface area contributed by atoms with Crippen LogP contribution in [-0.4, -0.2) is 25.0 Å². The van der Waals surface area contributed by atoms with Crippen molar-refractivity contribution in [2.75, 3.05) is 13.8 Å². The van der Waals surface area contributed by atoms with Gasteiger partial charge in [0.05, 0.1) is 10.2 Å². The molecule has 24 heavy (non-hydrogen) atoms. The minimum Gasteiger partial charge on any atom is -0.454 e. The fourth-order valence-electron chi connectivity index (χ4n) is 2.46. The molecule has 0 aliphatic carbocycles. The molecule has 0 atom stereocenters. The molecule has 7 nitrogen and oxygen atoms in total.